The minimum atomic E-state index is -1.52. The minimum Gasteiger partial charge on any atom is -0.371 e. The number of aliphatic imine (C=N–C) groups is 1. The second-order valence-electron chi connectivity index (χ2n) is 0.789. The molecule has 5 heteroatoms. The number of nitrogens with zero attached hydrogens (tertiary/aromatic N) is 2. The molecule has 0 radical (unpaired) electrons. The van der Waals surface area contributed by atoms with Crippen LogP contribution in [0.5, 0.6) is 0 Å². The smallest absolute Gasteiger partial charge is 0.341 e. The highest BCUT2D eigenvalue weighted by atomic mass is 32.2. The zero-order valence-corrected chi connectivity index (χ0v) is 4.09. The van der Waals surface area contributed by atoms with Gasteiger partial charge in [0.15, 0.2) is 6.40 Å². The Hall–Kier alpha value is -0.710. The molecule has 0 spiro atoms. The standard InChI is InChI=1S/C2H2N2O2S/c5-7-4-1-3-2-6-7/h1-2H. The van der Waals surface area contributed by atoms with Crippen LogP contribution in [0.2, 0.25) is 0 Å². The molecule has 0 amide bonds. The van der Waals surface area contributed by atoms with Crippen molar-refractivity contribution in [3.63, 3.8) is 0 Å². The first-order chi connectivity index (χ1) is 3.39. The number of hydrogen-bond acceptors (Lipinski definition) is 3. The molecule has 1 atom stereocenters. The number of hydrogen-bond donors (Lipinski definition) is 0. The van der Waals surface area contributed by atoms with Crippen LogP contribution in [0.25, 0.3) is 0 Å². The zero-order valence-electron chi connectivity index (χ0n) is 3.27. The molecular formula is C2H2N2O2S. The molecule has 0 aromatic carbocycles. The van der Waals surface area contributed by atoms with Crippen LogP contribution < -0.4 is 0 Å². The molecule has 0 aromatic heterocycles. The maximum atomic E-state index is 10.1. The fourth-order valence-electron chi connectivity index (χ4n) is 0.179. The lowest BCUT2D eigenvalue weighted by molar-refractivity contribution is 0.574. The van der Waals surface area contributed by atoms with E-state index in [1.807, 2.05) is 0 Å². The van der Waals surface area contributed by atoms with E-state index in [2.05, 4.69) is 13.6 Å². The number of rotatable bonds is 0. The molecule has 1 unspecified atom stereocenters. The van der Waals surface area contributed by atoms with Gasteiger partial charge in [0.05, 0.1) is 0 Å². The van der Waals surface area contributed by atoms with Crippen molar-refractivity contribution in [2.45, 2.75) is 0 Å². The molecular weight excluding hydrogens is 116 g/mol. The maximum Gasteiger partial charge on any atom is 0.341 e. The third-order valence-electron chi connectivity index (χ3n) is 0.386. The van der Waals surface area contributed by atoms with E-state index in [9.17, 15) is 4.21 Å². The average molecular weight is 118 g/mol. The quantitative estimate of drug-likeness (QED) is 0.436. The summed E-state index contributed by atoms with van der Waals surface area (Å²) in [6, 6.07) is 0. The van der Waals surface area contributed by atoms with Crippen molar-refractivity contribution in [2.75, 3.05) is 0 Å². The van der Waals surface area contributed by atoms with E-state index in [4.69, 9.17) is 0 Å². The Morgan fingerprint density at radius 1 is 1.71 bits per heavy atom. The van der Waals surface area contributed by atoms with Gasteiger partial charge in [0.2, 0.25) is 0 Å². The summed E-state index contributed by atoms with van der Waals surface area (Å²) in [4.78, 5) is 3.40. The SMILES string of the molecule is O=S1N=CN=CO1. The fraction of sp³-hybridized carbons (Fsp3) is 0. The zero-order chi connectivity index (χ0) is 5.11. The summed E-state index contributed by atoms with van der Waals surface area (Å²) >= 11 is -1.52. The monoisotopic (exact) mass is 118 g/mol. The molecule has 0 saturated carbocycles. The van der Waals surface area contributed by atoms with Crippen LogP contribution in [0.1, 0.15) is 0 Å². The Morgan fingerprint density at radius 2 is 2.57 bits per heavy atom. The van der Waals surface area contributed by atoms with Gasteiger partial charge < -0.3 is 4.18 Å². The van der Waals surface area contributed by atoms with Crippen LogP contribution in [0.4, 0.5) is 0 Å². The van der Waals surface area contributed by atoms with Crippen molar-refractivity contribution in [3.8, 4) is 0 Å². The topological polar surface area (TPSA) is 51.0 Å². The van der Waals surface area contributed by atoms with Gasteiger partial charge in [-0.3, -0.25) is 0 Å². The molecule has 0 saturated heterocycles. The summed E-state index contributed by atoms with van der Waals surface area (Å²) in [6.45, 7) is 0. The molecule has 1 aliphatic heterocycles. The molecule has 0 aliphatic carbocycles. The summed E-state index contributed by atoms with van der Waals surface area (Å²) in [6.07, 6.45) is 2.27. The molecule has 1 aliphatic rings. The van der Waals surface area contributed by atoms with E-state index >= 15 is 0 Å². The molecule has 0 N–H and O–H groups in total. The Labute approximate surface area is 42.7 Å². The highest BCUT2D eigenvalue weighted by Gasteiger charge is 1.92. The molecule has 1 heterocycles. The van der Waals surface area contributed by atoms with E-state index in [1.54, 1.807) is 0 Å². The molecule has 0 fully saturated rings. The molecule has 0 bridgehead atoms. The van der Waals surface area contributed by atoms with E-state index in [-0.39, 0.29) is 0 Å². The first-order valence-corrected chi connectivity index (χ1v) is 2.56. The third kappa shape index (κ3) is 1.08. The van der Waals surface area contributed by atoms with Gasteiger partial charge in [0, 0.05) is 0 Å². The maximum absolute atomic E-state index is 10.1. The summed E-state index contributed by atoms with van der Waals surface area (Å²) < 4.78 is 17.6. The summed E-state index contributed by atoms with van der Waals surface area (Å²) in [7, 11) is 0. The van der Waals surface area contributed by atoms with Crippen molar-refractivity contribution in [2.24, 2.45) is 9.39 Å². The second kappa shape index (κ2) is 1.83. The lowest BCUT2D eigenvalue weighted by Gasteiger charge is -1.91. The Bertz CT molecular complexity index is 141. The molecule has 0 aromatic rings. The average Bonchev–Trinajstić information content (AvgIpc) is 1.69. The summed E-state index contributed by atoms with van der Waals surface area (Å²) in [5.74, 6) is 0. The first-order valence-electron chi connectivity index (χ1n) is 1.53. The van der Waals surface area contributed by atoms with Crippen molar-refractivity contribution in [1.82, 2.24) is 0 Å². The fourth-order valence-corrected chi connectivity index (χ4v) is 0.484. The Kier molecular flexibility index (Phi) is 1.16. The van der Waals surface area contributed by atoms with Crippen LogP contribution in [0.3, 0.4) is 0 Å². The highest BCUT2D eigenvalue weighted by Crippen LogP contribution is 1.86. The molecule has 4 nitrogen and oxygen atoms in total. The molecule has 38 valence electrons. The Balaban J connectivity index is 2.66. The summed E-state index contributed by atoms with van der Waals surface area (Å²) in [5.41, 5.74) is 0. The molecule has 7 heavy (non-hydrogen) atoms. The van der Waals surface area contributed by atoms with Crippen LogP contribution in [-0.2, 0) is 15.4 Å². The van der Waals surface area contributed by atoms with Gasteiger partial charge in [-0.2, -0.15) is 4.21 Å². The first kappa shape index (κ1) is 4.45. The predicted molar refractivity (Wildman–Crippen MR) is 26.2 cm³/mol. The van der Waals surface area contributed by atoms with Gasteiger partial charge in [0.1, 0.15) is 6.34 Å². The van der Waals surface area contributed by atoms with Crippen LogP contribution in [0, 0.1) is 0 Å². The van der Waals surface area contributed by atoms with Gasteiger partial charge in [0.25, 0.3) is 0 Å². The van der Waals surface area contributed by atoms with E-state index in [0.29, 0.717) is 0 Å². The van der Waals surface area contributed by atoms with Crippen LogP contribution >= 0.6 is 0 Å². The van der Waals surface area contributed by atoms with E-state index in [0.717, 1.165) is 6.40 Å². The van der Waals surface area contributed by atoms with E-state index < -0.39 is 11.3 Å². The van der Waals surface area contributed by atoms with Crippen molar-refractivity contribution < 1.29 is 8.39 Å². The lowest BCUT2D eigenvalue weighted by atomic mass is 11.3. The minimum absolute atomic E-state index is 1.09. The van der Waals surface area contributed by atoms with Crippen molar-refractivity contribution >= 4 is 24.0 Å². The van der Waals surface area contributed by atoms with Crippen LogP contribution in [0.15, 0.2) is 9.39 Å². The lowest BCUT2D eigenvalue weighted by Crippen LogP contribution is -1.95. The van der Waals surface area contributed by atoms with Crippen molar-refractivity contribution in [3.05, 3.63) is 0 Å². The van der Waals surface area contributed by atoms with Crippen molar-refractivity contribution in [1.29, 1.82) is 0 Å². The van der Waals surface area contributed by atoms with Gasteiger partial charge in [-0.05, 0) is 0 Å². The van der Waals surface area contributed by atoms with E-state index in [1.165, 1.54) is 6.34 Å². The highest BCUT2D eigenvalue weighted by molar-refractivity contribution is 7.79. The Morgan fingerprint density at radius 3 is 2.86 bits per heavy atom. The summed E-state index contributed by atoms with van der Waals surface area (Å²) in [5, 5.41) is 0. The normalized spacial score (nSPS) is 27.1. The second-order valence-corrected chi connectivity index (χ2v) is 1.63. The van der Waals surface area contributed by atoms with Gasteiger partial charge in [-0.15, -0.1) is 4.40 Å². The van der Waals surface area contributed by atoms with Gasteiger partial charge in [-0.25, -0.2) is 4.99 Å². The largest absolute Gasteiger partial charge is 0.371 e. The van der Waals surface area contributed by atoms with Gasteiger partial charge in [-0.1, -0.05) is 0 Å². The van der Waals surface area contributed by atoms with Crippen LogP contribution in [-0.4, -0.2) is 16.9 Å². The predicted octanol–water partition coefficient (Wildman–Crippen LogP) is -0.348. The van der Waals surface area contributed by atoms with Gasteiger partial charge >= 0.3 is 11.3 Å². The third-order valence-corrected chi connectivity index (χ3v) is 0.903. The molecule has 1 rings (SSSR count).